The van der Waals surface area contributed by atoms with Gasteiger partial charge in [-0.05, 0) is 48.9 Å². The van der Waals surface area contributed by atoms with Crippen molar-refractivity contribution in [3.8, 4) is 5.75 Å². The maximum absolute atomic E-state index is 12.3. The van der Waals surface area contributed by atoms with Gasteiger partial charge in [-0.15, -0.1) is 0 Å². The summed E-state index contributed by atoms with van der Waals surface area (Å²) in [6, 6.07) is 3.89. The minimum Gasteiger partial charge on any atom is -0.496 e. The zero-order chi connectivity index (χ0) is 12.8. The summed E-state index contributed by atoms with van der Waals surface area (Å²) < 4.78 is 5.32. The van der Waals surface area contributed by atoms with Gasteiger partial charge >= 0.3 is 0 Å². The van der Waals surface area contributed by atoms with Crippen molar-refractivity contribution in [3.63, 3.8) is 0 Å². The zero-order valence-corrected chi connectivity index (χ0v) is 11.3. The first kappa shape index (κ1) is 12.2. The van der Waals surface area contributed by atoms with Gasteiger partial charge in [0.25, 0.3) is 0 Å². The molecular formula is C15H20O2. The Morgan fingerprint density at radius 1 is 1.29 bits per heavy atom. The Kier molecular flexibility index (Phi) is 2.76. The molecule has 1 atom stereocenters. The number of aryl methyl sites for hydroxylation is 2. The van der Waals surface area contributed by atoms with Crippen molar-refractivity contribution in [1.29, 1.82) is 0 Å². The summed E-state index contributed by atoms with van der Waals surface area (Å²) in [5, 5.41) is 0. The van der Waals surface area contributed by atoms with Crippen LogP contribution in [0.15, 0.2) is 12.1 Å². The normalized spacial score (nSPS) is 21.1. The molecule has 1 saturated carbocycles. The molecule has 0 aromatic heterocycles. The van der Waals surface area contributed by atoms with Gasteiger partial charge < -0.3 is 4.74 Å². The Morgan fingerprint density at radius 3 is 2.12 bits per heavy atom. The molecule has 1 aromatic carbocycles. The van der Waals surface area contributed by atoms with Crippen molar-refractivity contribution < 1.29 is 9.53 Å². The predicted molar refractivity (Wildman–Crippen MR) is 68.7 cm³/mol. The highest BCUT2D eigenvalue weighted by atomic mass is 16.5. The van der Waals surface area contributed by atoms with Gasteiger partial charge in [-0.25, -0.2) is 0 Å². The van der Waals surface area contributed by atoms with Gasteiger partial charge in [0, 0.05) is 11.5 Å². The van der Waals surface area contributed by atoms with E-state index in [2.05, 4.69) is 13.8 Å². The van der Waals surface area contributed by atoms with Gasteiger partial charge in [-0.1, -0.05) is 13.8 Å². The summed E-state index contributed by atoms with van der Waals surface area (Å²) in [4.78, 5) is 12.3. The largest absolute Gasteiger partial charge is 0.496 e. The average molecular weight is 232 g/mol. The molecule has 1 aliphatic rings. The van der Waals surface area contributed by atoms with Crippen molar-refractivity contribution in [1.82, 2.24) is 0 Å². The highest BCUT2D eigenvalue weighted by Crippen LogP contribution is 2.53. The number of ketones is 1. The molecule has 1 aliphatic carbocycles. The van der Waals surface area contributed by atoms with Gasteiger partial charge in [0.15, 0.2) is 5.78 Å². The standard InChI is InChI=1S/C15H20O2/c1-9-6-11(7-10(2)14(9)17-5)13(16)12-8-15(12,3)4/h6-7,12H,8H2,1-5H3. The minimum absolute atomic E-state index is 0.193. The second-order valence-corrected chi connectivity index (χ2v) is 5.75. The molecule has 1 aromatic rings. The fraction of sp³-hybridized carbons (Fsp3) is 0.533. The number of hydrogen-bond acceptors (Lipinski definition) is 2. The molecular weight excluding hydrogens is 212 g/mol. The maximum atomic E-state index is 12.3. The van der Waals surface area contributed by atoms with Crippen molar-refractivity contribution in [3.05, 3.63) is 28.8 Å². The van der Waals surface area contributed by atoms with Crippen LogP contribution in [0.2, 0.25) is 0 Å². The number of carbonyl (C=O) groups excluding carboxylic acids is 1. The van der Waals surface area contributed by atoms with Crippen LogP contribution in [-0.4, -0.2) is 12.9 Å². The molecule has 1 unspecified atom stereocenters. The first-order valence-electron chi connectivity index (χ1n) is 6.06. The molecule has 0 aliphatic heterocycles. The molecule has 1 fully saturated rings. The number of benzene rings is 1. The minimum atomic E-state index is 0.193. The van der Waals surface area contributed by atoms with Crippen LogP contribution >= 0.6 is 0 Å². The number of methoxy groups -OCH3 is 1. The monoisotopic (exact) mass is 232 g/mol. The van der Waals surface area contributed by atoms with Crippen LogP contribution in [-0.2, 0) is 0 Å². The lowest BCUT2D eigenvalue weighted by Gasteiger charge is -2.11. The average Bonchev–Trinajstić information content (AvgIpc) is 2.86. The first-order valence-corrected chi connectivity index (χ1v) is 6.06. The third kappa shape index (κ3) is 2.08. The summed E-state index contributed by atoms with van der Waals surface area (Å²) in [5.74, 6) is 1.37. The van der Waals surface area contributed by atoms with Crippen LogP contribution in [0.3, 0.4) is 0 Å². The topological polar surface area (TPSA) is 26.3 Å². The van der Waals surface area contributed by atoms with E-state index in [1.165, 1.54) is 0 Å². The lowest BCUT2D eigenvalue weighted by atomic mass is 9.97. The van der Waals surface area contributed by atoms with E-state index in [0.717, 1.165) is 28.9 Å². The van der Waals surface area contributed by atoms with Crippen molar-refractivity contribution in [2.24, 2.45) is 11.3 Å². The van der Waals surface area contributed by atoms with Gasteiger partial charge in [-0.3, -0.25) is 4.79 Å². The Hall–Kier alpha value is -1.31. The number of ether oxygens (including phenoxy) is 1. The van der Waals surface area contributed by atoms with Crippen LogP contribution in [0.5, 0.6) is 5.75 Å². The van der Waals surface area contributed by atoms with E-state index >= 15 is 0 Å². The molecule has 2 rings (SSSR count). The quantitative estimate of drug-likeness (QED) is 0.745. The third-order valence-corrected chi connectivity index (χ3v) is 3.78. The highest BCUT2D eigenvalue weighted by Gasteiger charge is 2.50. The number of carbonyl (C=O) groups is 1. The summed E-state index contributed by atoms with van der Waals surface area (Å²) in [6.45, 7) is 8.28. The van der Waals surface area contributed by atoms with Gasteiger partial charge in [-0.2, -0.15) is 0 Å². The molecule has 0 saturated heterocycles. The Balaban J connectivity index is 2.32. The lowest BCUT2D eigenvalue weighted by Crippen LogP contribution is -2.07. The van der Waals surface area contributed by atoms with Crippen LogP contribution in [0.4, 0.5) is 0 Å². The number of rotatable bonds is 3. The maximum Gasteiger partial charge on any atom is 0.166 e. The van der Waals surface area contributed by atoms with Crippen molar-refractivity contribution in [2.75, 3.05) is 7.11 Å². The molecule has 0 spiro atoms. The zero-order valence-electron chi connectivity index (χ0n) is 11.3. The van der Waals surface area contributed by atoms with Crippen LogP contribution in [0, 0.1) is 25.2 Å². The van der Waals surface area contributed by atoms with Crippen LogP contribution < -0.4 is 4.74 Å². The molecule has 0 heterocycles. The Bertz CT molecular complexity index is 449. The van der Waals surface area contributed by atoms with E-state index < -0.39 is 0 Å². The molecule has 0 amide bonds. The number of hydrogen-bond donors (Lipinski definition) is 0. The molecule has 92 valence electrons. The molecule has 0 N–H and O–H groups in total. The molecule has 2 nitrogen and oxygen atoms in total. The Labute approximate surface area is 103 Å². The molecule has 17 heavy (non-hydrogen) atoms. The molecule has 2 heteroatoms. The van der Waals surface area contributed by atoms with E-state index in [0.29, 0.717) is 0 Å². The van der Waals surface area contributed by atoms with Crippen molar-refractivity contribution in [2.45, 2.75) is 34.1 Å². The molecule has 0 radical (unpaired) electrons. The highest BCUT2D eigenvalue weighted by molar-refractivity contribution is 6.00. The summed E-state index contributed by atoms with van der Waals surface area (Å²) in [6.07, 6.45) is 1.01. The SMILES string of the molecule is COc1c(C)cc(C(=O)C2CC2(C)C)cc1C. The molecule has 0 bridgehead atoms. The van der Waals surface area contributed by atoms with E-state index in [1.807, 2.05) is 26.0 Å². The van der Waals surface area contributed by atoms with Gasteiger partial charge in [0.05, 0.1) is 7.11 Å². The third-order valence-electron chi connectivity index (χ3n) is 3.78. The van der Waals surface area contributed by atoms with Crippen LogP contribution in [0.1, 0.15) is 41.8 Å². The van der Waals surface area contributed by atoms with E-state index in [4.69, 9.17) is 4.74 Å². The second kappa shape index (κ2) is 3.86. The van der Waals surface area contributed by atoms with Gasteiger partial charge in [0.2, 0.25) is 0 Å². The van der Waals surface area contributed by atoms with Crippen molar-refractivity contribution >= 4 is 5.78 Å². The van der Waals surface area contributed by atoms with E-state index in [-0.39, 0.29) is 17.1 Å². The Morgan fingerprint density at radius 2 is 1.76 bits per heavy atom. The number of Topliss-reactive ketones (excluding diaryl/α,β-unsaturated/α-hetero) is 1. The van der Waals surface area contributed by atoms with Gasteiger partial charge in [0.1, 0.15) is 5.75 Å². The van der Waals surface area contributed by atoms with E-state index in [1.54, 1.807) is 7.11 Å². The fourth-order valence-electron chi connectivity index (χ4n) is 2.53. The van der Waals surface area contributed by atoms with E-state index in [9.17, 15) is 4.79 Å². The fourth-order valence-corrected chi connectivity index (χ4v) is 2.53. The first-order chi connectivity index (χ1) is 7.86. The predicted octanol–water partition coefficient (Wildman–Crippen LogP) is 3.54. The summed E-state index contributed by atoms with van der Waals surface area (Å²) >= 11 is 0. The second-order valence-electron chi connectivity index (χ2n) is 5.75. The summed E-state index contributed by atoms with van der Waals surface area (Å²) in [7, 11) is 1.67. The lowest BCUT2D eigenvalue weighted by molar-refractivity contribution is 0.0953. The smallest absolute Gasteiger partial charge is 0.166 e. The van der Waals surface area contributed by atoms with Crippen LogP contribution in [0.25, 0.3) is 0 Å². The summed E-state index contributed by atoms with van der Waals surface area (Å²) in [5.41, 5.74) is 3.10.